The number of rotatable bonds is 6. The molecule has 0 bridgehead atoms. The fourth-order valence-electron chi connectivity index (χ4n) is 1.05. The Morgan fingerprint density at radius 1 is 0.933 bits per heavy atom. The molecule has 0 aromatic rings. The number of hydrogen-bond donors (Lipinski definition) is 2. The molecule has 0 saturated carbocycles. The van der Waals surface area contributed by atoms with Crippen LogP contribution < -0.4 is 5.32 Å². The molecule has 1 atom stereocenters. The zero-order valence-electron chi connectivity index (χ0n) is 11.5. The van der Waals surface area contributed by atoms with Crippen LogP contribution in [0.25, 0.3) is 0 Å². The lowest BCUT2D eigenvalue weighted by Crippen LogP contribution is -2.45. The van der Waals surface area contributed by atoms with E-state index in [1.165, 1.54) is 0 Å². The smallest absolute Gasteiger partial charge is 0.0766 e. The van der Waals surface area contributed by atoms with E-state index in [4.69, 9.17) is 0 Å². The van der Waals surface area contributed by atoms with Gasteiger partial charge < -0.3 is 10.4 Å². The zero-order chi connectivity index (χ0) is 12.3. The Labute approximate surface area is 95.5 Å². The molecule has 0 spiro atoms. The average Bonchev–Trinajstić information content (AvgIpc) is 2.02. The summed E-state index contributed by atoms with van der Waals surface area (Å²) >= 11 is 0. The van der Waals surface area contributed by atoms with Crippen LogP contribution in [-0.2, 0) is 0 Å². The molecule has 0 aromatic carbocycles. The lowest BCUT2D eigenvalue weighted by atomic mass is 9.81. The van der Waals surface area contributed by atoms with Crippen molar-refractivity contribution in [3.05, 3.63) is 0 Å². The highest BCUT2D eigenvalue weighted by atomic mass is 16.3. The van der Waals surface area contributed by atoms with Gasteiger partial charge in [0.25, 0.3) is 0 Å². The summed E-state index contributed by atoms with van der Waals surface area (Å²) in [5, 5.41) is 13.4. The van der Waals surface area contributed by atoms with Crippen LogP contribution in [0.15, 0.2) is 0 Å². The van der Waals surface area contributed by atoms with E-state index in [1.807, 2.05) is 6.92 Å². The second-order valence-electron chi connectivity index (χ2n) is 6.26. The molecule has 0 aliphatic heterocycles. The lowest BCUT2D eigenvalue weighted by Gasteiger charge is -2.33. The minimum atomic E-state index is -0.604. The van der Waals surface area contributed by atoms with Gasteiger partial charge in [-0.15, -0.1) is 0 Å². The van der Waals surface area contributed by atoms with Crippen LogP contribution in [0.3, 0.4) is 0 Å². The molecular formula is C13H29NO. The van der Waals surface area contributed by atoms with Crippen molar-refractivity contribution in [3.63, 3.8) is 0 Å². The highest BCUT2D eigenvalue weighted by Crippen LogP contribution is 2.25. The van der Waals surface area contributed by atoms with E-state index in [9.17, 15) is 5.11 Å². The third kappa shape index (κ3) is 4.98. The second-order valence-corrected chi connectivity index (χ2v) is 6.26. The Balaban J connectivity index is 4.00. The van der Waals surface area contributed by atoms with Crippen molar-refractivity contribution >= 4 is 0 Å². The van der Waals surface area contributed by atoms with Gasteiger partial charge in [0.15, 0.2) is 0 Å². The Morgan fingerprint density at radius 2 is 1.40 bits per heavy atom. The molecule has 0 aromatic heterocycles. The molecule has 0 rings (SSSR count). The molecule has 0 fully saturated rings. The highest BCUT2D eigenvalue weighted by Gasteiger charge is 2.27. The molecule has 0 amide bonds. The molecule has 0 heterocycles. The summed E-state index contributed by atoms with van der Waals surface area (Å²) in [6.07, 6.45) is 0. The Hall–Kier alpha value is -0.0800. The SMILES string of the molecule is CC(C)C(C)(C)CNCC(C)(O)C(C)C. The molecule has 92 valence electrons. The van der Waals surface area contributed by atoms with Crippen LogP contribution >= 0.6 is 0 Å². The fraction of sp³-hybridized carbons (Fsp3) is 1.00. The maximum absolute atomic E-state index is 10.1. The Kier molecular flexibility index (Phi) is 5.28. The van der Waals surface area contributed by atoms with Crippen molar-refractivity contribution < 1.29 is 5.11 Å². The van der Waals surface area contributed by atoms with Gasteiger partial charge in [-0.25, -0.2) is 0 Å². The summed E-state index contributed by atoms with van der Waals surface area (Å²) in [6.45, 7) is 16.6. The van der Waals surface area contributed by atoms with Gasteiger partial charge in [-0.2, -0.15) is 0 Å². The summed E-state index contributed by atoms with van der Waals surface area (Å²) in [5.41, 5.74) is -0.319. The van der Waals surface area contributed by atoms with Crippen LogP contribution in [0.5, 0.6) is 0 Å². The van der Waals surface area contributed by atoms with Crippen molar-refractivity contribution in [2.75, 3.05) is 13.1 Å². The standard InChI is InChI=1S/C13H29NO/c1-10(2)12(5,6)8-14-9-13(7,15)11(3)4/h10-11,14-15H,8-9H2,1-7H3. The zero-order valence-corrected chi connectivity index (χ0v) is 11.5. The molecule has 0 aliphatic carbocycles. The maximum atomic E-state index is 10.1. The summed E-state index contributed by atoms with van der Waals surface area (Å²) in [6, 6.07) is 0. The fourth-order valence-corrected chi connectivity index (χ4v) is 1.05. The first-order valence-corrected chi connectivity index (χ1v) is 6.02. The van der Waals surface area contributed by atoms with Gasteiger partial charge >= 0.3 is 0 Å². The average molecular weight is 215 g/mol. The highest BCUT2D eigenvalue weighted by molar-refractivity contribution is 4.82. The van der Waals surface area contributed by atoms with Crippen molar-refractivity contribution in [2.24, 2.45) is 17.3 Å². The van der Waals surface area contributed by atoms with E-state index < -0.39 is 5.60 Å². The summed E-state index contributed by atoms with van der Waals surface area (Å²) in [4.78, 5) is 0. The van der Waals surface area contributed by atoms with Crippen molar-refractivity contribution in [1.29, 1.82) is 0 Å². The monoisotopic (exact) mass is 215 g/mol. The van der Waals surface area contributed by atoms with Gasteiger partial charge in [0, 0.05) is 13.1 Å². The van der Waals surface area contributed by atoms with E-state index in [0.717, 1.165) is 6.54 Å². The first-order chi connectivity index (χ1) is 6.59. The van der Waals surface area contributed by atoms with Gasteiger partial charge in [-0.1, -0.05) is 41.5 Å². The minimum Gasteiger partial charge on any atom is -0.389 e. The van der Waals surface area contributed by atoms with Gasteiger partial charge in [0.1, 0.15) is 0 Å². The van der Waals surface area contributed by atoms with E-state index >= 15 is 0 Å². The molecule has 0 radical (unpaired) electrons. The molecule has 0 saturated heterocycles. The van der Waals surface area contributed by atoms with Crippen LogP contribution in [-0.4, -0.2) is 23.8 Å². The van der Waals surface area contributed by atoms with Crippen molar-refractivity contribution in [3.8, 4) is 0 Å². The van der Waals surface area contributed by atoms with E-state index in [2.05, 4.69) is 46.9 Å². The molecular weight excluding hydrogens is 186 g/mol. The Morgan fingerprint density at radius 3 is 1.73 bits per heavy atom. The van der Waals surface area contributed by atoms with Crippen LogP contribution in [0.1, 0.15) is 48.5 Å². The van der Waals surface area contributed by atoms with Crippen molar-refractivity contribution in [2.45, 2.75) is 54.1 Å². The quantitative estimate of drug-likeness (QED) is 0.714. The van der Waals surface area contributed by atoms with Gasteiger partial charge in [-0.05, 0) is 24.2 Å². The minimum absolute atomic E-state index is 0.284. The van der Waals surface area contributed by atoms with Crippen LogP contribution in [0.2, 0.25) is 0 Å². The topological polar surface area (TPSA) is 32.3 Å². The summed E-state index contributed by atoms with van der Waals surface area (Å²) < 4.78 is 0. The summed E-state index contributed by atoms with van der Waals surface area (Å²) in [7, 11) is 0. The first-order valence-electron chi connectivity index (χ1n) is 6.02. The molecule has 0 aliphatic rings. The number of nitrogens with one attached hydrogen (secondary N) is 1. The molecule has 2 heteroatoms. The number of aliphatic hydroxyl groups is 1. The third-order valence-electron chi connectivity index (χ3n) is 3.87. The summed E-state index contributed by atoms with van der Waals surface area (Å²) in [5.74, 6) is 0.932. The predicted molar refractivity (Wildman–Crippen MR) is 67.0 cm³/mol. The van der Waals surface area contributed by atoms with Crippen molar-refractivity contribution in [1.82, 2.24) is 5.32 Å². The molecule has 2 nitrogen and oxygen atoms in total. The number of hydrogen-bond acceptors (Lipinski definition) is 2. The molecule has 2 N–H and O–H groups in total. The third-order valence-corrected chi connectivity index (χ3v) is 3.87. The van der Waals surface area contributed by atoms with Gasteiger partial charge in [-0.3, -0.25) is 0 Å². The van der Waals surface area contributed by atoms with Gasteiger partial charge in [0.05, 0.1) is 5.60 Å². The van der Waals surface area contributed by atoms with Crippen LogP contribution in [0.4, 0.5) is 0 Å². The van der Waals surface area contributed by atoms with E-state index in [1.54, 1.807) is 0 Å². The van der Waals surface area contributed by atoms with E-state index in [0.29, 0.717) is 12.5 Å². The maximum Gasteiger partial charge on any atom is 0.0766 e. The normalized spacial score (nSPS) is 17.2. The molecule has 1 unspecified atom stereocenters. The first kappa shape index (κ1) is 14.9. The van der Waals surface area contributed by atoms with E-state index in [-0.39, 0.29) is 11.3 Å². The van der Waals surface area contributed by atoms with Crippen LogP contribution in [0, 0.1) is 17.3 Å². The van der Waals surface area contributed by atoms with Gasteiger partial charge in [0.2, 0.25) is 0 Å². The predicted octanol–water partition coefficient (Wildman–Crippen LogP) is 2.67. The molecule has 15 heavy (non-hydrogen) atoms. The second kappa shape index (κ2) is 5.31. The largest absolute Gasteiger partial charge is 0.389 e. The lowest BCUT2D eigenvalue weighted by molar-refractivity contribution is 0.0115. The Bertz CT molecular complexity index is 163.